The summed E-state index contributed by atoms with van der Waals surface area (Å²) in [5.41, 5.74) is 3.22. The van der Waals surface area contributed by atoms with Crippen LogP contribution in [0.4, 0.5) is 0 Å². The first-order valence-corrected chi connectivity index (χ1v) is 10.8. The van der Waals surface area contributed by atoms with Crippen LogP contribution < -0.4 is 5.32 Å². The van der Waals surface area contributed by atoms with Gasteiger partial charge in [0.2, 0.25) is 11.8 Å². The average molecular weight is 382 g/mol. The van der Waals surface area contributed by atoms with E-state index in [9.17, 15) is 9.59 Å². The number of aryl methyl sites for hydroxylation is 1. The number of carbonyl (C=O) groups is 2. The molecule has 2 N–H and O–H groups in total. The maximum Gasteiger partial charge on any atom is 0.225 e. The highest BCUT2D eigenvalue weighted by Crippen LogP contribution is 2.27. The third kappa shape index (κ3) is 4.08. The first-order valence-electron chi connectivity index (χ1n) is 10.8. The van der Waals surface area contributed by atoms with Crippen LogP contribution in [0.3, 0.4) is 0 Å². The Morgan fingerprint density at radius 1 is 1.07 bits per heavy atom. The van der Waals surface area contributed by atoms with Crippen LogP contribution in [0.15, 0.2) is 24.3 Å². The molecule has 2 aromatic rings. The summed E-state index contributed by atoms with van der Waals surface area (Å²) in [6.07, 6.45) is 7.88. The van der Waals surface area contributed by atoms with Crippen LogP contribution in [0.2, 0.25) is 0 Å². The van der Waals surface area contributed by atoms with Gasteiger partial charge in [-0.15, -0.1) is 0 Å². The van der Waals surface area contributed by atoms with E-state index in [1.54, 1.807) is 0 Å². The lowest BCUT2D eigenvalue weighted by atomic mass is 9.87. The summed E-state index contributed by atoms with van der Waals surface area (Å²) >= 11 is 0. The van der Waals surface area contributed by atoms with Crippen molar-refractivity contribution in [3.8, 4) is 0 Å². The lowest BCUT2D eigenvalue weighted by Gasteiger charge is -2.35. The fourth-order valence-electron chi connectivity index (χ4n) is 4.85. The predicted octanol–water partition coefficient (Wildman–Crippen LogP) is 3.71. The number of fused-ring (bicyclic) bond motifs is 1. The quantitative estimate of drug-likeness (QED) is 0.848. The van der Waals surface area contributed by atoms with Crippen LogP contribution in [0.5, 0.6) is 0 Å². The lowest BCUT2D eigenvalue weighted by Crippen LogP contribution is -2.48. The predicted molar refractivity (Wildman–Crippen MR) is 111 cm³/mol. The molecule has 4 rings (SSSR count). The second-order valence-corrected chi connectivity index (χ2v) is 8.45. The zero-order valence-corrected chi connectivity index (χ0v) is 16.8. The lowest BCUT2D eigenvalue weighted by molar-refractivity contribution is -0.137. The van der Waals surface area contributed by atoms with E-state index in [1.165, 1.54) is 19.3 Å². The fraction of sp³-hybridized carbons (Fsp3) is 0.565. The molecule has 0 bridgehead atoms. The van der Waals surface area contributed by atoms with E-state index >= 15 is 0 Å². The van der Waals surface area contributed by atoms with Gasteiger partial charge in [0.25, 0.3) is 0 Å². The average Bonchev–Trinajstić information content (AvgIpc) is 3.04. The molecule has 0 atom stereocenters. The minimum absolute atomic E-state index is 0.0740. The van der Waals surface area contributed by atoms with Gasteiger partial charge in [-0.05, 0) is 44.2 Å². The number of hydrogen-bond donors (Lipinski definition) is 2. The van der Waals surface area contributed by atoms with Crippen LogP contribution in [0.25, 0.3) is 10.9 Å². The standard InChI is InChI=1S/C23H31N3O2/c1-16-20(19-9-5-6-10-21(19)24-16)15-22(27)25-18-11-13-26(14-12-18)23(28)17-7-3-2-4-8-17/h5-6,9-10,17-18,24H,2-4,7-8,11-15H2,1H3,(H,25,27). The third-order valence-corrected chi connectivity index (χ3v) is 6.49. The van der Waals surface area contributed by atoms with Gasteiger partial charge in [-0.3, -0.25) is 9.59 Å². The van der Waals surface area contributed by atoms with E-state index in [1.807, 2.05) is 30.0 Å². The minimum Gasteiger partial charge on any atom is -0.358 e. The van der Waals surface area contributed by atoms with Gasteiger partial charge in [0, 0.05) is 41.6 Å². The van der Waals surface area contributed by atoms with Gasteiger partial charge >= 0.3 is 0 Å². The molecule has 1 saturated carbocycles. The Hall–Kier alpha value is -2.30. The first-order chi connectivity index (χ1) is 13.6. The Balaban J connectivity index is 1.29. The second kappa shape index (κ2) is 8.38. The van der Waals surface area contributed by atoms with E-state index < -0.39 is 0 Å². The molecule has 0 radical (unpaired) electrons. The van der Waals surface area contributed by atoms with Crippen molar-refractivity contribution in [2.45, 2.75) is 64.3 Å². The van der Waals surface area contributed by atoms with E-state index in [-0.39, 0.29) is 17.9 Å². The van der Waals surface area contributed by atoms with E-state index in [2.05, 4.69) is 16.4 Å². The molecular weight excluding hydrogens is 350 g/mol. The first kappa shape index (κ1) is 19.0. The molecule has 1 saturated heterocycles. The number of H-pyrrole nitrogens is 1. The summed E-state index contributed by atoms with van der Waals surface area (Å²) in [7, 11) is 0. The summed E-state index contributed by atoms with van der Waals surface area (Å²) in [6.45, 7) is 3.57. The largest absolute Gasteiger partial charge is 0.358 e. The maximum absolute atomic E-state index is 12.7. The molecule has 2 amide bonds. The van der Waals surface area contributed by atoms with Gasteiger partial charge in [-0.1, -0.05) is 37.5 Å². The van der Waals surface area contributed by atoms with Crippen molar-refractivity contribution in [1.29, 1.82) is 0 Å². The maximum atomic E-state index is 12.7. The van der Waals surface area contributed by atoms with E-state index in [4.69, 9.17) is 0 Å². The molecule has 2 heterocycles. The molecule has 1 aromatic heterocycles. The summed E-state index contributed by atoms with van der Waals surface area (Å²) < 4.78 is 0. The molecule has 5 nitrogen and oxygen atoms in total. The van der Waals surface area contributed by atoms with Crippen molar-refractivity contribution in [3.05, 3.63) is 35.5 Å². The molecule has 1 aliphatic carbocycles. The van der Waals surface area contributed by atoms with E-state index in [0.717, 1.165) is 60.9 Å². The summed E-state index contributed by atoms with van der Waals surface area (Å²) in [5.74, 6) is 0.661. The van der Waals surface area contributed by atoms with Crippen molar-refractivity contribution in [2.75, 3.05) is 13.1 Å². The number of nitrogens with one attached hydrogen (secondary N) is 2. The molecule has 1 aliphatic heterocycles. The highest BCUT2D eigenvalue weighted by Gasteiger charge is 2.29. The molecule has 28 heavy (non-hydrogen) atoms. The molecule has 150 valence electrons. The zero-order chi connectivity index (χ0) is 19.5. The van der Waals surface area contributed by atoms with Gasteiger partial charge in [-0.2, -0.15) is 0 Å². The number of aromatic nitrogens is 1. The van der Waals surface area contributed by atoms with Gasteiger partial charge in [0.15, 0.2) is 0 Å². The number of nitrogens with zero attached hydrogens (tertiary/aromatic N) is 1. The smallest absolute Gasteiger partial charge is 0.225 e. The van der Waals surface area contributed by atoms with Crippen LogP contribution in [-0.4, -0.2) is 40.8 Å². The monoisotopic (exact) mass is 381 g/mol. The normalized spacial score (nSPS) is 19.1. The van der Waals surface area contributed by atoms with Crippen molar-refractivity contribution in [1.82, 2.24) is 15.2 Å². The third-order valence-electron chi connectivity index (χ3n) is 6.49. The number of piperidine rings is 1. The van der Waals surface area contributed by atoms with Crippen molar-refractivity contribution in [3.63, 3.8) is 0 Å². The van der Waals surface area contributed by atoms with Crippen LogP contribution in [0.1, 0.15) is 56.2 Å². The topological polar surface area (TPSA) is 65.2 Å². The van der Waals surface area contributed by atoms with Crippen molar-refractivity contribution in [2.24, 2.45) is 5.92 Å². The molecular formula is C23H31N3O2. The van der Waals surface area contributed by atoms with Crippen LogP contribution in [0, 0.1) is 12.8 Å². The summed E-state index contributed by atoms with van der Waals surface area (Å²) in [6, 6.07) is 8.30. The Bertz CT molecular complexity index is 843. The Morgan fingerprint density at radius 2 is 1.79 bits per heavy atom. The molecule has 5 heteroatoms. The number of likely N-dealkylation sites (tertiary alicyclic amines) is 1. The van der Waals surface area contributed by atoms with Gasteiger partial charge in [-0.25, -0.2) is 0 Å². The number of hydrogen-bond acceptors (Lipinski definition) is 2. The highest BCUT2D eigenvalue weighted by molar-refractivity contribution is 5.90. The summed E-state index contributed by atoms with van der Waals surface area (Å²) in [5, 5.41) is 4.33. The number of carbonyl (C=O) groups excluding carboxylic acids is 2. The molecule has 2 aliphatic rings. The number of aromatic amines is 1. The van der Waals surface area contributed by atoms with Gasteiger partial charge < -0.3 is 15.2 Å². The number of para-hydroxylation sites is 1. The van der Waals surface area contributed by atoms with Crippen LogP contribution in [-0.2, 0) is 16.0 Å². The fourth-order valence-corrected chi connectivity index (χ4v) is 4.85. The minimum atomic E-state index is 0.0740. The van der Waals surface area contributed by atoms with E-state index in [0.29, 0.717) is 12.3 Å². The Morgan fingerprint density at radius 3 is 2.54 bits per heavy atom. The van der Waals surface area contributed by atoms with Gasteiger partial charge in [0.05, 0.1) is 6.42 Å². The van der Waals surface area contributed by atoms with Gasteiger partial charge in [0.1, 0.15) is 0 Å². The molecule has 1 aromatic carbocycles. The second-order valence-electron chi connectivity index (χ2n) is 8.45. The van der Waals surface area contributed by atoms with Crippen molar-refractivity contribution >= 4 is 22.7 Å². The highest BCUT2D eigenvalue weighted by atomic mass is 16.2. The number of rotatable bonds is 4. The molecule has 0 unspecified atom stereocenters. The number of amides is 2. The summed E-state index contributed by atoms with van der Waals surface area (Å²) in [4.78, 5) is 30.7. The Labute approximate surface area is 166 Å². The molecule has 2 fully saturated rings. The molecule has 0 spiro atoms. The van der Waals surface area contributed by atoms with Crippen LogP contribution >= 0.6 is 0 Å². The Kier molecular flexibility index (Phi) is 5.69. The SMILES string of the molecule is Cc1[nH]c2ccccc2c1CC(=O)NC1CCN(C(=O)C2CCCCC2)CC1. The number of benzene rings is 1. The van der Waals surface area contributed by atoms with Crippen molar-refractivity contribution < 1.29 is 9.59 Å². The zero-order valence-electron chi connectivity index (χ0n) is 16.8.